The Morgan fingerprint density at radius 1 is 1.17 bits per heavy atom. The molecule has 0 bridgehead atoms. The Morgan fingerprint density at radius 2 is 1.88 bits per heavy atom. The van der Waals surface area contributed by atoms with Crippen LogP contribution in [0, 0.1) is 10.1 Å². The summed E-state index contributed by atoms with van der Waals surface area (Å²) in [7, 11) is -4.23. The molecule has 1 aliphatic rings. The van der Waals surface area contributed by atoms with Crippen LogP contribution in [0.15, 0.2) is 41.3 Å². The maximum atomic E-state index is 12.6. The molecule has 1 saturated heterocycles. The van der Waals surface area contributed by atoms with E-state index in [1.54, 1.807) is 0 Å². The average molecular weight is 461 g/mol. The minimum Gasteiger partial charge on any atom is -0.271 e. The summed E-state index contributed by atoms with van der Waals surface area (Å²) in [6, 6.07) is 7.07. The number of hydrogen-bond acceptors (Lipinski definition) is 6. The van der Waals surface area contributed by atoms with E-state index in [-0.39, 0.29) is 16.0 Å². The second-order valence-electron chi connectivity index (χ2n) is 4.89. The number of hydrogen-bond donors (Lipinski definition) is 0. The van der Waals surface area contributed by atoms with Crippen LogP contribution < -0.4 is 0 Å². The number of halogens is 1. The fourth-order valence-corrected chi connectivity index (χ4v) is 4.23. The smallest absolute Gasteiger partial charge is 0.271 e. The van der Waals surface area contributed by atoms with Gasteiger partial charge in [0, 0.05) is 6.07 Å². The Labute approximate surface area is 149 Å². The van der Waals surface area contributed by atoms with Crippen LogP contribution in [0.2, 0.25) is 0 Å². The van der Waals surface area contributed by atoms with Crippen molar-refractivity contribution in [3.63, 3.8) is 0 Å². The zero-order valence-corrected chi connectivity index (χ0v) is 14.7. The number of carbonyl (C=O) groups excluding carboxylic acids is 2. The van der Waals surface area contributed by atoms with Gasteiger partial charge in [-0.05, 0) is 23.6 Å². The zero-order valence-electron chi connectivity index (χ0n) is 11.7. The van der Waals surface area contributed by atoms with Crippen LogP contribution >= 0.6 is 22.9 Å². The zero-order chi connectivity index (χ0) is 17.6. The lowest BCUT2D eigenvalue weighted by Gasteiger charge is -2.15. The molecule has 0 aromatic heterocycles. The molecule has 3 amide bonds. The Morgan fingerprint density at radius 3 is 2.46 bits per heavy atom. The number of benzene rings is 2. The molecule has 0 unspecified atom stereocenters. The van der Waals surface area contributed by atoms with Crippen LogP contribution in [0.3, 0.4) is 0 Å². The molecule has 11 heteroatoms. The highest BCUT2D eigenvalue weighted by atomic mass is 127. The summed E-state index contributed by atoms with van der Waals surface area (Å²) in [4.78, 5) is 33.6. The van der Waals surface area contributed by atoms with Gasteiger partial charge < -0.3 is 0 Å². The van der Waals surface area contributed by atoms with E-state index in [9.17, 15) is 28.1 Å². The topological polar surface area (TPSA) is 118 Å². The van der Waals surface area contributed by atoms with Gasteiger partial charge in [0.2, 0.25) is 0 Å². The normalized spacial score (nSPS) is 15.4. The highest BCUT2D eigenvalue weighted by Crippen LogP contribution is 2.30. The molecule has 124 valence electrons. The number of nitro benzene ring substituents is 1. The molecule has 0 saturated carbocycles. The van der Waals surface area contributed by atoms with Gasteiger partial charge in [-0.1, -0.05) is 12.1 Å². The highest BCUT2D eigenvalue weighted by molar-refractivity contribution is 14.1. The molecule has 0 atom stereocenters. The molecule has 0 spiro atoms. The van der Waals surface area contributed by atoms with E-state index in [2.05, 4.69) is 0 Å². The summed E-state index contributed by atoms with van der Waals surface area (Å²) in [6.45, 7) is -0.572. The number of urea groups is 1. The Kier molecular flexibility index (Phi) is 3.91. The molecule has 2 aromatic carbocycles. The molecule has 2 aromatic rings. The summed E-state index contributed by atoms with van der Waals surface area (Å²) in [6.07, 6.45) is 0. The van der Waals surface area contributed by atoms with Crippen molar-refractivity contribution in [2.45, 2.75) is 4.90 Å². The predicted molar refractivity (Wildman–Crippen MR) is 90.8 cm³/mol. The highest BCUT2D eigenvalue weighted by Gasteiger charge is 2.42. The van der Waals surface area contributed by atoms with Crippen LogP contribution in [0.4, 0.5) is 10.5 Å². The summed E-state index contributed by atoms with van der Waals surface area (Å²) in [5.41, 5.74) is -0.151. The quantitative estimate of drug-likeness (QED) is 0.227. The number of sulfonamides is 1. The lowest BCUT2D eigenvalue weighted by atomic mass is 10.1. The number of nitro groups is 1. The largest absolute Gasteiger partial charge is 0.350 e. The molecular formula is C13H8IN3O6S. The molecule has 0 radical (unpaired) electrons. The van der Waals surface area contributed by atoms with E-state index < -0.39 is 33.4 Å². The number of amides is 3. The van der Waals surface area contributed by atoms with Crippen LogP contribution in [-0.2, 0) is 14.8 Å². The average Bonchev–Trinajstić information content (AvgIpc) is 2.81. The molecule has 24 heavy (non-hydrogen) atoms. The maximum absolute atomic E-state index is 12.6. The third-order valence-corrected chi connectivity index (χ3v) is 6.16. The van der Waals surface area contributed by atoms with Crippen molar-refractivity contribution >= 4 is 61.3 Å². The van der Waals surface area contributed by atoms with Gasteiger partial charge in [-0.15, -0.1) is 0 Å². The van der Waals surface area contributed by atoms with Gasteiger partial charge >= 0.3 is 6.03 Å². The van der Waals surface area contributed by atoms with Gasteiger partial charge in [-0.3, -0.25) is 14.9 Å². The standard InChI is InChI=1S/C13H8IN3O6S/c14-16-12(18)7-15(13(16)19)24(22,23)9-4-5-10-8(6-9)2-1-3-11(10)17(20)21/h1-6H,7H2. The van der Waals surface area contributed by atoms with Crippen molar-refractivity contribution in [2.75, 3.05) is 6.54 Å². The number of nitrogens with zero attached hydrogens (tertiary/aromatic N) is 3. The van der Waals surface area contributed by atoms with E-state index in [1.807, 2.05) is 0 Å². The number of carbonyl (C=O) groups is 2. The fourth-order valence-electron chi connectivity index (χ4n) is 2.34. The van der Waals surface area contributed by atoms with E-state index in [0.29, 0.717) is 12.8 Å². The molecular weight excluding hydrogens is 453 g/mol. The molecule has 0 N–H and O–H groups in total. The Hall–Kier alpha value is -2.28. The number of non-ortho nitro benzene ring substituents is 1. The number of rotatable bonds is 3. The maximum Gasteiger partial charge on any atom is 0.350 e. The monoisotopic (exact) mass is 461 g/mol. The lowest BCUT2D eigenvalue weighted by Crippen LogP contribution is -2.33. The van der Waals surface area contributed by atoms with E-state index >= 15 is 0 Å². The molecule has 1 aliphatic heterocycles. The predicted octanol–water partition coefficient (Wildman–Crippen LogP) is 2.05. The number of fused-ring (bicyclic) bond motifs is 1. The molecule has 0 aliphatic carbocycles. The van der Waals surface area contributed by atoms with E-state index in [4.69, 9.17) is 0 Å². The first-order chi connectivity index (χ1) is 11.2. The van der Waals surface area contributed by atoms with Crippen molar-refractivity contribution in [1.82, 2.24) is 7.42 Å². The first-order valence-corrected chi connectivity index (χ1v) is 8.86. The van der Waals surface area contributed by atoms with Gasteiger partial charge in [-0.25, -0.2) is 17.5 Å². The third kappa shape index (κ3) is 2.49. The van der Waals surface area contributed by atoms with Crippen molar-refractivity contribution < 1.29 is 22.9 Å². The second-order valence-corrected chi connectivity index (χ2v) is 7.71. The van der Waals surface area contributed by atoms with Gasteiger partial charge in [-0.2, -0.15) is 3.11 Å². The van der Waals surface area contributed by atoms with Crippen LogP contribution in [0.1, 0.15) is 0 Å². The van der Waals surface area contributed by atoms with Crippen LogP contribution in [-0.4, -0.2) is 39.2 Å². The minimum absolute atomic E-state index is 0.151. The second kappa shape index (κ2) is 5.66. The fraction of sp³-hybridized carbons (Fsp3) is 0.0769. The molecule has 9 nitrogen and oxygen atoms in total. The van der Waals surface area contributed by atoms with E-state index in [0.717, 1.165) is 0 Å². The summed E-state index contributed by atoms with van der Waals surface area (Å²) < 4.78 is 26.3. The van der Waals surface area contributed by atoms with Crippen molar-refractivity contribution in [1.29, 1.82) is 0 Å². The van der Waals surface area contributed by atoms with Crippen molar-refractivity contribution in [2.24, 2.45) is 0 Å². The Bertz CT molecular complexity index is 1010. The SMILES string of the molecule is O=C1CN(S(=O)(=O)c2ccc3c([N+](=O)[O-])cccc3c2)C(=O)N1I. The first kappa shape index (κ1) is 16.6. The number of imide groups is 1. The Balaban J connectivity index is 2.11. The summed E-state index contributed by atoms with van der Waals surface area (Å²) in [5, 5.41) is 11.6. The van der Waals surface area contributed by atoms with Crippen molar-refractivity contribution in [3.8, 4) is 0 Å². The first-order valence-electron chi connectivity index (χ1n) is 6.46. The van der Waals surface area contributed by atoms with Gasteiger partial charge in [0.05, 0.1) is 38.1 Å². The molecule has 1 heterocycles. The third-order valence-electron chi connectivity index (χ3n) is 3.49. The van der Waals surface area contributed by atoms with Gasteiger partial charge in [0.1, 0.15) is 6.54 Å². The van der Waals surface area contributed by atoms with E-state index in [1.165, 1.54) is 59.3 Å². The summed E-state index contributed by atoms with van der Waals surface area (Å²) >= 11 is 1.44. The van der Waals surface area contributed by atoms with Crippen molar-refractivity contribution in [3.05, 3.63) is 46.5 Å². The van der Waals surface area contributed by atoms with Crippen LogP contribution in [0.5, 0.6) is 0 Å². The van der Waals surface area contributed by atoms with Crippen LogP contribution in [0.25, 0.3) is 10.8 Å². The lowest BCUT2D eigenvalue weighted by molar-refractivity contribution is -0.383. The summed E-state index contributed by atoms with van der Waals surface area (Å²) in [5.74, 6) is -0.638. The van der Waals surface area contributed by atoms with Gasteiger partial charge in [0.25, 0.3) is 21.6 Å². The van der Waals surface area contributed by atoms with Gasteiger partial charge in [0.15, 0.2) is 0 Å². The minimum atomic E-state index is -4.23. The molecule has 3 rings (SSSR count). The molecule has 1 fully saturated rings.